The van der Waals surface area contributed by atoms with E-state index in [0.29, 0.717) is 12.2 Å². The zero-order valence-corrected chi connectivity index (χ0v) is 10.5. The van der Waals surface area contributed by atoms with Crippen molar-refractivity contribution in [1.82, 2.24) is 5.32 Å². The summed E-state index contributed by atoms with van der Waals surface area (Å²) < 4.78 is 12.9. The van der Waals surface area contributed by atoms with E-state index < -0.39 is 5.82 Å². The molecule has 2 amide bonds. The predicted molar refractivity (Wildman–Crippen MR) is 68.0 cm³/mol. The normalized spacial score (nSPS) is 10.1. The molecule has 5 heteroatoms. The zero-order valence-electron chi connectivity index (χ0n) is 9.72. The second-order valence-corrected chi connectivity index (χ2v) is 4.12. The quantitative estimate of drug-likeness (QED) is 0.775. The summed E-state index contributed by atoms with van der Waals surface area (Å²) in [5.41, 5.74) is 0.476. The number of carbonyl (C=O) groups excluding carboxylic acids is 1. The number of rotatable bonds is 5. The second-order valence-electron chi connectivity index (χ2n) is 3.72. The molecule has 0 aliphatic heterocycles. The van der Waals surface area contributed by atoms with E-state index in [0.717, 1.165) is 19.3 Å². The molecule has 0 saturated heterocycles. The molecule has 94 valence electrons. The van der Waals surface area contributed by atoms with Crippen molar-refractivity contribution in [3.8, 4) is 0 Å². The molecular formula is C12H16ClFN2O. The first-order chi connectivity index (χ1) is 8.13. The number of hydrogen-bond donors (Lipinski definition) is 2. The number of nitrogens with one attached hydrogen (secondary N) is 2. The molecule has 17 heavy (non-hydrogen) atoms. The fourth-order valence-electron chi connectivity index (χ4n) is 1.33. The monoisotopic (exact) mass is 258 g/mol. The van der Waals surface area contributed by atoms with Crippen LogP contribution in [0.25, 0.3) is 0 Å². The molecule has 0 radical (unpaired) electrons. The Bertz CT molecular complexity index is 385. The Morgan fingerprint density at radius 1 is 1.41 bits per heavy atom. The molecule has 1 rings (SSSR count). The molecule has 0 fully saturated rings. The molecule has 0 spiro atoms. The van der Waals surface area contributed by atoms with E-state index in [1.54, 1.807) is 0 Å². The Balaban J connectivity index is 2.37. The predicted octanol–water partition coefficient (Wildman–Crippen LogP) is 3.79. The number of hydrogen-bond acceptors (Lipinski definition) is 1. The molecular weight excluding hydrogens is 243 g/mol. The summed E-state index contributed by atoms with van der Waals surface area (Å²) in [5.74, 6) is -0.499. The molecule has 1 aromatic rings. The highest BCUT2D eigenvalue weighted by Gasteiger charge is 2.04. The molecule has 0 aliphatic carbocycles. The van der Waals surface area contributed by atoms with E-state index in [4.69, 9.17) is 11.6 Å². The van der Waals surface area contributed by atoms with Crippen molar-refractivity contribution in [3.05, 3.63) is 29.0 Å². The summed E-state index contributed by atoms with van der Waals surface area (Å²) in [6.45, 7) is 2.73. The summed E-state index contributed by atoms with van der Waals surface area (Å²) in [6.07, 6.45) is 3.15. The highest BCUT2D eigenvalue weighted by Crippen LogP contribution is 2.19. The molecule has 1 aromatic carbocycles. The lowest BCUT2D eigenvalue weighted by Crippen LogP contribution is -2.29. The summed E-state index contributed by atoms with van der Waals surface area (Å²) in [7, 11) is 0. The minimum absolute atomic E-state index is 0.00576. The SMILES string of the molecule is CCCCCNC(=O)Nc1ccc(F)c(Cl)c1. The van der Waals surface area contributed by atoms with Gasteiger partial charge in [-0.2, -0.15) is 0 Å². The Morgan fingerprint density at radius 2 is 2.18 bits per heavy atom. The third kappa shape index (κ3) is 5.04. The molecule has 0 unspecified atom stereocenters. The highest BCUT2D eigenvalue weighted by molar-refractivity contribution is 6.31. The number of unbranched alkanes of at least 4 members (excludes halogenated alkanes) is 2. The maximum atomic E-state index is 12.9. The average Bonchev–Trinajstić information content (AvgIpc) is 2.30. The van der Waals surface area contributed by atoms with Crippen LogP contribution >= 0.6 is 11.6 Å². The molecule has 0 aliphatic rings. The van der Waals surface area contributed by atoms with E-state index in [9.17, 15) is 9.18 Å². The third-order valence-electron chi connectivity index (χ3n) is 2.24. The van der Waals surface area contributed by atoms with Gasteiger partial charge in [-0.3, -0.25) is 0 Å². The fraction of sp³-hybridized carbons (Fsp3) is 0.417. The molecule has 2 N–H and O–H groups in total. The summed E-state index contributed by atoms with van der Waals surface area (Å²) in [5, 5.41) is 5.29. The maximum Gasteiger partial charge on any atom is 0.319 e. The van der Waals surface area contributed by atoms with Gasteiger partial charge in [0.15, 0.2) is 0 Å². The van der Waals surface area contributed by atoms with Gasteiger partial charge in [0.2, 0.25) is 0 Å². The van der Waals surface area contributed by atoms with Crippen LogP contribution < -0.4 is 10.6 Å². The zero-order chi connectivity index (χ0) is 12.7. The topological polar surface area (TPSA) is 41.1 Å². The lowest BCUT2D eigenvalue weighted by Gasteiger charge is -2.07. The van der Waals surface area contributed by atoms with Gasteiger partial charge in [-0.05, 0) is 24.6 Å². The van der Waals surface area contributed by atoms with Crippen LogP contribution in [-0.2, 0) is 0 Å². The smallest absolute Gasteiger partial charge is 0.319 e. The van der Waals surface area contributed by atoms with Crippen molar-refractivity contribution < 1.29 is 9.18 Å². The van der Waals surface area contributed by atoms with Gasteiger partial charge >= 0.3 is 6.03 Å². The van der Waals surface area contributed by atoms with Crippen LogP contribution in [0.5, 0.6) is 0 Å². The Hall–Kier alpha value is -1.29. The Kier molecular flexibility index (Phi) is 5.77. The minimum atomic E-state index is -0.499. The van der Waals surface area contributed by atoms with Crippen LogP contribution in [-0.4, -0.2) is 12.6 Å². The highest BCUT2D eigenvalue weighted by atomic mass is 35.5. The van der Waals surface area contributed by atoms with E-state index in [1.165, 1.54) is 18.2 Å². The van der Waals surface area contributed by atoms with Crippen molar-refractivity contribution >= 4 is 23.3 Å². The van der Waals surface area contributed by atoms with Crippen molar-refractivity contribution in [3.63, 3.8) is 0 Å². The van der Waals surface area contributed by atoms with Crippen LogP contribution in [0, 0.1) is 5.82 Å². The van der Waals surface area contributed by atoms with Crippen LogP contribution in [0.3, 0.4) is 0 Å². The lowest BCUT2D eigenvalue weighted by atomic mass is 10.2. The maximum absolute atomic E-state index is 12.9. The van der Waals surface area contributed by atoms with E-state index in [-0.39, 0.29) is 11.1 Å². The average molecular weight is 259 g/mol. The van der Waals surface area contributed by atoms with Crippen LogP contribution in [0.4, 0.5) is 14.9 Å². The number of halogens is 2. The largest absolute Gasteiger partial charge is 0.338 e. The first kappa shape index (κ1) is 13.8. The van der Waals surface area contributed by atoms with E-state index >= 15 is 0 Å². The summed E-state index contributed by atoms with van der Waals surface area (Å²) in [6, 6.07) is 3.76. The Morgan fingerprint density at radius 3 is 2.82 bits per heavy atom. The number of urea groups is 1. The van der Waals surface area contributed by atoms with Gasteiger partial charge in [-0.15, -0.1) is 0 Å². The van der Waals surface area contributed by atoms with Gasteiger partial charge in [-0.25, -0.2) is 9.18 Å². The summed E-state index contributed by atoms with van der Waals surface area (Å²) in [4.78, 5) is 11.4. The minimum Gasteiger partial charge on any atom is -0.338 e. The molecule has 0 aromatic heterocycles. The van der Waals surface area contributed by atoms with E-state index in [1.807, 2.05) is 0 Å². The first-order valence-electron chi connectivity index (χ1n) is 5.63. The van der Waals surface area contributed by atoms with Crippen LogP contribution in [0.2, 0.25) is 5.02 Å². The van der Waals surface area contributed by atoms with Gasteiger partial charge in [-0.1, -0.05) is 31.4 Å². The van der Waals surface area contributed by atoms with Gasteiger partial charge < -0.3 is 10.6 Å². The number of amides is 2. The van der Waals surface area contributed by atoms with Gasteiger partial charge in [0.1, 0.15) is 5.82 Å². The van der Waals surface area contributed by atoms with Crippen LogP contribution in [0.15, 0.2) is 18.2 Å². The number of carbonyl (C=O) groups is 1. The lowest BCUT2D eigenvalue weighted by molar-refractivity contribution is 0.252. The molecule has 3 nitrogen and oxygen atoms in total. The van der Waals surface area contributed by atoms with E-state index in [2.05, 4.69) is 17.6 Å². The second kappa shape index (κ2) is 7.12. The van der Waals surface area contributed by atoms with Gasteiger partial charge in [0.25, 0.3) is 0 Å². The fourth-order valence-corrected chi connectivity index (χ4v) is 1.51. The first-order valence-corrected chi connectivity index (χ1v) is 6.01. The third-order valence-corrected chi connectivity index (χ3v) is 2.53. The Labute approximate surface area is 105 Å². The molecule has 0 saturated carbocycles. The molecule has 0 bridgehead atoms. The van der Waals surface area contributed by atoms with Crippen molar-refractivity contribution in [2.45, 2.75) is 26.2 Å². The van der Waals surface area contributed by atoms with Crippen molar-refractivity contribution in [2.75, 3.05) is 11.9 Å². The van der Waals surface area contributed by atoms with Gasteiger partial charge in [0.05, 0.1) is 5.02 Å². The van der Waals surface area contributed by atoms with Crippen molar-refractivity contribution in [2.24, 2.45) is 0 Å². The van der Waals surface area contributed by atoms with Crippen molar-refractivity contribution in [1.29, 1.82) is 0 Å². The molecule has 0 heterocycles. The number of benzene rings is 1. The van der Waals surface area contributed by atoms with Crippen LogP contribution in [0.1, 0.15) is 26.2 Å². The van der Waals surface area contributed by atoms with Gasteiger partial charge in [0, 0.05) is 12.2 Å². The number of anilines is 1. The standard InChI is InChI=1S/C12H16ClFN2O/c1-2-3-4-7-15-12(17)16-9-5-6-11(14)10(13)8-9/h5-6,8H,2-4,7H2,1H3,(H2,15,16,17). The molecule has 0 atom stereocenters. The summed E-state index contributed by atoms with van der Waals surface area (Å²) >= 11 is 5.60.